The van der Waals surface area contributed by atoms with Crippen LogP contribution in [0.1, 0.15) is 42.9 Å². The van der Waals surface area contributed by atoms with Crippen LogP contribution in [0.3, 0.4) is 0 Å². The van der Waals surface area contributed by atoms with Crippen LogP contribution in [-0.4, -0.2) is 21.5 Å². The summed E-state index contributed by atoms with van der Waals surface area (Å²) in [5.41, 5.74) is 0.993. The van der Waals surface area contributed by atoms with Crippen LogP contribution in [0.5, 0.6) is 0 Å². The molecule has 1 atom stereocenters. The zero-order chi connectivity index (χ0) is 14.7. The van der Waals surface area contributed by atoms with E-state index < -0.39 is 0 Å². The summed E-state index contributed by atoms with van der Waals surface area (Å²) in [5.74, 6) is 3.85. The Morgan fingerprint density at radius 1 is 1.20 bits per heavy atom. The predicted molar refractivity (Wildman–Crippen MR) is 78.9 cm³/mol. The van der Waals surface area contributed by atoms with Gasteiger partial charge in [0.15, 0.2) is 0 Å². The highest BCUT2D eigenvalue weighted by Gasteiger charge is 2.15. The molecule has 6 heteroatoms. The van der Waals surface area contributed by atoms with Gasteiger partial charge >= 0.3 is 0 Å². The minimum atomic E-state index is -0.0498. The molecule has 2 rings (SSSR count). The van der Waals surface area contributed by atoms with Crippen molar-refractivity contribution in [3.63, 3.8) is 0 Å². The van der Waals surface area contributed by atoms with Crippen LogP contribution >= 0.6 is 0 Å². The molecule has 2 aromatic rings. The van der Waals surface area contributed by atoms with Gasteiger partial charge in [0.05, 0.1) is 6.20 Å². The fraction of sp³-hybridized carbons (Fsp3) is 0.500. The number of oxazole rings is 1. The monoisotopic (exact) mass is 275 g/mol. The van der Waals surface area contributed by atoms with E-state index in [0.29, 0.717) is 5.89 Å². The second-order valence-corrected chi connectivity index (χ2v) is 4.80. The van der Waals surface area contributed by atoms with Crippen molar-refractivity contribution in [3.05, 3.63) is 29.2 Å². The molecule has 1 unspecified atom stereocenters. The number of nitrogens with one attached hydrogen (secondary N) is 2. The van der Waals surface area contributed by atoms with E-state index in [0.717, 1.165) is 35.3 Å². The lowest BCUT2D eigenvalue weighted by Crippen LogP contribution is -2.13. The summed E-state index contributed by atoms with van der Waals surface area (Å²) in [7, 11) is 0. The van der Waals surface area contributed by atoms with Gasteiger partial charge in [-0.25, -0.2) is 15.0 Å². The van der Waals surface area contributed by atoms with E-state index in [9.17, 15) is 0 Å². The lowest BCUT2D eigenvalue weighted by atomic mass is 10.2. The largest absolute Gasteiger partial charge is 0.444 e. The zero-order valence-corrected chi connectivity index (χ0v) is 12.6. The minimum Gasteiger partial charge on any atom is -0.444 e. The van der Waals surface area contributed by atoms with Crippen molar-refractivity contribution < 1.29 is 4.42 Å². The number of nitrogens with zero attached hydrogens (tertiary/aromatic N) is 3. The van der Waals surface area contributed by atoms with E-state index in [1.807, 2.05) is 34.6 Å². The first-order valence-electron chi connectivity index (χ1n) is 6.79. The standard InChI is InChI=1S/C14H21N5O/c1-6-15-12-9(3)13(19-11(5)18-12)17-10(4)14-16-7-8(2)20-14/h7,10H,6H2,1-5H3,(H2,15,17,18,19). The summed E-state index contributed by atoms with van der Waals surface area (Å²) in [5, 5.41) is 6.58. The van der Waals surface area contributed by atoms with Gasteiger partial charge in [0.25, 0.3) is 0 Å². The predicted octanol–water partition coefficient (Wildman–Crippen LogP) is 2.99. The smallest absolute Gasteiger partial charge is 0.216 e. The summed E-state index contributed by atoms with van der Waals surface area (Å²) in [6, 6.07) is -0.0498. The molecule has 108 valence electrons. The van der Waals surface area contributed by atoms with E-state index in [-0.39, 0.29) is 6.04 Å². The molecule has 6 nitrogen and oxygen atoms in total. The molecule has 0 bridgehead atoms. The summed E-state index contributed by atoms with van der Waals surface area (Å²) in [4.78, 5) is 13.1. The average Bonchev–Trinajstić information content (AvgIpc) is 2.82. The van der Waals surface area contributed by atoms with Gasteiger partial charge in [-0.3, -0.25) is 0 Å². The fourth-order valence-corrected chi connectivity index (χ4v) is 1.95. The lowest BCUT2D eigenvalue weighted by molar-refractivity contribution is 0.453. The number of aryl methyl sites for hydroxylation is 2. The third-order valence-electron chi connectivity index (χ3n) is 2.96. The van der Waals surface area contributed by atoms with Gasteiger partial charge in [-0.2, -0.15) is 0 Å². The number of rotatable bonds is 5. The van der Waals surface area contributed by atoms with Crippen LogP contribution in [0, 0.1) is 20.8 Å². The Labute approximate surface area is 119 Å². The van der Waals surface area contributed by atoms with Crippen molar-refractivity contribution in [2.45, 2.75) is 40.7 Å². The third kappa shape index (κ3) is 3.07. The molecule has 0 radical (unpaired) electrons. The Balaban J connectivity index is 2.24. The SMILES string of the molecule is CCNc1nc(C)nc(NC(C)c2ncc(C)o2)c1C. The Morgan fingerprint density at radius 2 is 1.90 bits per heavy atom. The first kappa shape index (κ1) is 14.3. The molecule has 2 aromatic heterocycles. The highest BCUT2D eigenvalue weighted by atomic mass is 16.4. The quantitative estimate of drug-likeness (QED) is 0.873. The maximum Gasteiger partial charge on any atom is 0.216 e. The van der Waals surface area contributed by atoms with Crippen molar-refractivity contribution >= 4 is 11.6 Å². The molecule has 0 saturated carbocycles. The Kier molecular flexibility index (Phi) is 4.22. The summed E-state index contributed by atoms with van der Waals surface area (Å²) >= 11 is 0. The van der Waals surface area contributed by atoms with Gasteiger partial charge < -0.3 is 15.1 Å². The van der Waals surface area contributed by atoms with Gasteiger partial charge in [0.1, 0.15) is 29.3 Å². The van der Waals surface area contributed by atoms with Crippen LogP contribution in [0.15, 0.2) is 10.6 Å². The van der Waals surface area contributed by atoms with Crippen LogP contribution in [-0.2, 0) is 0 Å². The summed E-state index contributed by atoms with van der Waals surface area (Å²) in [6.45, 7) is 10.6. The zero-order valence-electron chi connectivity index (χ0n) is 12.6. The minimum absolute atomic E-state index is 0.0498. The molecule has 0 amide bonds. The van der Waals surface area contributed by atoms with Crippen molar-refractivity contribution in [2.24, 2.45) is 0 Å². The van der Waals surface area contributed by atoms with E-state index in [1.165, 1.54) is 0 Å². The summed E-state index contributed by atoms with van der Waals surface area (Å²) < 4.78 is 5.53. The second-order valence-electron chi connectivity index (χ2n) is 4.80. The van der Waals surface area contributed by atoms with Crippen molar-refractivity contribution in [1.82, 2.24) is 15.0 Å². The second kappa shape index (κ2) is 5.90. The van der Waals surface area contributed by atoms with Gasteiger partial charge in [-0.15, -0.1) is 0 Å². The normalized spacial score (nSPS) is 12.2. The Bertz CT molecular complexity index is 593. The maximum atomic E-state index is 5.53. The van der Waals surface area contributed by atoms with E-state index in [1.54, 1.807) is 6.20 Å². The number of hydrogen-bond donors (Lipinski definition) is 2. The Hall–Kier alpha value is -2.11. The van der Waals surface area contributed by atoms with Crippen molar-refractivity contribution in [2.75, 3.05) is 17.2 Å². The molecule has 0 fully saturated rings. The molecule has 0 spiro atoms. The average molecular weight is 275 g/mol. The highest BCUT2D eigenvalue weighted by Crippen LogP contribution is 2.24. The Morgan fingerprint density at radius 3 is 2.50 bits per heavy atom. The highest BCUT2D eigenvalue weighted by molar-refractivity contribution is 5.57. The first-order valence-corrected chi connectivity index (χ1v) is 6.79. The van der Waals surface area contributed by atoms with Crippen LogP contribution < -0.4 is 10.6 Å². The molecule has 0 aliphatic carbocycles. The van der Waals surface area contributed by atoms with Crippen molar-refractivity contribution in [3.8, 4) is 0 Å². The van der Waals surface area contributed by atoms with Gasteiger partial charge in [0, 0.05) is 12.1 Å². The van der Waals surface area contributed by atoms with Crippen molar-refractivity contribution in [1.29, 1.82) is 0 Å². The third-order valence-corrected chi connectivity index (χ3v) is 2.96. The molecule has 2 N–H and O–H groups in total. The molecular formula is C14H21N5O. The molecule has 0 aliphatic rings. The van der Waals surface area contributed by atoms with Gasteiger partial charge in [0.2, 0.25) is 5.89 Å². The van der Waals surface area contributed by atoms with Gasteiger partial charge in [-0.1, -0.05) is 0 Å². The van der Waals surface area contributed by atoms with Crippen LogP contribution in [0.2, 0.25) is 0 Å². The molecule has 0 saturated heterocycles. The lowest BCUT2D eigenvalue weighted by Gasteiger charge is -2.16. The topological polar surface area (TPSA) is 75.9 Å². The number of anilines is 2. The first-order chi connectivity index (χ1) is 9.51. The fourth-order valence-electron chi connectivity index (χ4n) is 1.95. The molecular weight excluding hydrogens is 254 g/mol. The van der Waals surface area contributed by atoms with E-state index >= 15 is 0 Å². The summed E-state index contributed by atoms with van der Waals surface area (Å²) in [6.07, 6.45) is 1.72. The van der Waals surface area contributed by atoms with E-state index in [2.05, 4.69) is 25.6 Å². The molecule has 2 heterocycles. The van der Waals surface area contributed by atoms with Gasteiger partial charge in [-0.05, 0) is 34.6 Å². The maximum absolute atomic E-state index is 5.53. The van der Waals surface area contributed by atoms with Crippen LogP contribution in [0.25, 0.3) is 0 Å². The molecule has 0 aromatic carbocycles. The number of aromatic nitrogens is 3. The van der Waals surface area contributed by atoms with E-state index in [4.69, 9.17) is 4.42 Å². The molecule has 0 aliphatic heterocycles. The number of hydrogen-bond acceptors (Lipinski definition) is 6. The van der Waals surface area contributed by atoms with Crippen LogP contribution in [0.4, 0.5) is 11.6 Å². The molecule has 20 heavy (non-hydrogen) atoms.